The number of carbonyl (C=O) groups excluding carboxylic acids is 1. The lowest BCUT2D eigenvalue weighted by Crippen LogP contribution is -1.90. The summed E-state index contributed by atoms with van der Waals surface area (Å²) in [7, 11) is 0. The lowest BCUT2D eigenvalue weighted by Gasteiger charge is -2.05. The van der Waals surface area contributed by atoms with Gasteiger partial charge in [-0.2, -0.15) is 0 Å². The Labute approximate surface area is 103 Å². The first-order chi connectivity index (χ1) is 8.15. The molecule has 0 aliphatic rings. The number of benzene rings is 2. The molecule has 17 heavy (non-hydrogen) atoms. The molecule has 2 rings (SSSR count). The summed E-state index contributed by atoms with van der Waals surface area (Å²) in [5.41, 5.74) is 0.353. The Bertz CT molecular complexity index is 537. The van der Waals surface area contributed by atoms with E-state index in [9.17, 15) is 9.18 Å². The van der Waals surface area contributed by atoms with Gasteiger partial charge in [0.05, 0.1) is 0 Å². The van der Waals surface area contributed by atoms with Crippen LogP contribution in [0.4, 0.5) is 4.39 Å². The lowest BCUT2D eigenvalue weighted by atomic mass is 10.2. The summed E-state index contributed by atoms with van der Waals surface area (Å²) in [6.07, 6.45) is 0. The summed E-state index contributed by atoms with van der Waals surface area (Å²) in [5, 5.41) is -0.547. The van der Waals surface area contributed by atoms with Crippen LogP contribution in [0.3, 0.4) is 0 Å². The Kier molecular flexibility index (Phi) is 3.40. The van der Waals surface area contributed by atoms with Crippen LogP contribution in [0.5, 0.6) is 11.5 Å². The lowest BCUT2D eigenvalue weighted by molar-refractivity contribution is 0.108. The van der Waals surface area contributed by atoms with Crippen molar-refractivity contribution < 1.29 is 13.9 Å². The van der Waals surface area contributed by atoms with E-state index in [0.29, 0.717) is 17.1 Å². The Balaban J connectivity index is 2.21. The fraction of sp³-hybridized carbons (Fsp3) is 0. The molecule has 0 fully saturated rings. The SMILES string of the molecule is O=C(Cl)c1cccc(Oc2ccc(F)cc2)c1. The van der Waals surface area contributed by atoms with Gasteiger partial charge < -0.3 is 4.74 Å². The van der Waals surface area contributed by atoms with Gasteiger partial charge in [-0.15, -0.1) is 0 Å². The second kappa shape index (κ2) is 4.97. The Hall–Kier alpha value is -1.87. The molecular formula is C13H8ClFO2. The highest BCUT2D eigenvalue weighted by Crippen LogP contribution is 2.22. The van der Waals surface area contributed by atoms with Gasteiger partial charge >= 0.3 is 0 Å². The topological polar surface area (TPSA) is 26.3 Å². The molecule has 0 atom stereocenters. The molecule has 0 aliphatic heterocycles. The number of rotatable bonds is 3. The van der Waals surface area contributed by atoms with Crippen LogP contribution in [0.25, 0.3) is 0 Å². The van der Waals surface area contributed by atoms with Crippen molar-refractivity contribution in [1.29, 1.82) is 0 Å². The van der Waals surface area contributed by atoms with Crippen LogP contribution in [0.2, 0.25) is 0 Å². The molecule has 0 N–H and O–H groups in total. The van der Waals surface area contributed by atoms with Crippen LogP contribution in [0.15, 0.2) is 48.5 Å². The number of ether oxygens (including phenoxy) is 1. The highest BCUT2D eigenvalue weighted by Gasteiger charge is 2.04. The zero-order valence-electron chi connectivity index (χ0n) is 8.69. The first-order valence-electron chi connectivity index (χ1n) is 4.88. The molecule has 0 aliphatic carbocycles. The second-order valence-corrected chi connectivity index (χ2v) is 3.70. The Morgan fingerprint density at radius 1 is 1.06 bits per heavy atom. The number of halogens is 2. The summed E-state index contributed by atoms with van der Waals surface area (Å²) in [6.45, 7) is 0. The van der Waals surface area contributed by atoms with E-state index in [-0.39, 0.29) is 5.82 Å². The number of hydrogen-bond donors (Lipinski definition) is 0. The van der Waals surface area contributed by atoms with Crippen LogP contribution in [-0.4, -0.2) is 5.24 Å². The van der Waals surface area contributed by atoms with E-state index in [1.165, 1.54) is 30.3 Å². The van der Waals surface area contributed by atoms with Crippen LogP contribution < -0.4 is 4.74 Å². The zero-order valence-corrected chi connectivity index (χ0v) is 9.45. The smallest absolute Gasteiger partial charge is 0.252 e. The highest BCUT2D eigenvalue weighted by atomic mass is 35.5. The molecule has 2 aromatic carbocycles. The van der Waals surface area contributed by atoms with Crippen molar-refractivity contribution in [3.05, 3.63) is 59.9 Å². The molecular weight excluding hydrogens is 243 g/mol. The summed E-state index contributed by atoms with van der Waals surface area (Å²) in [5.74, 6) is 0.635. The monoisotopic (exact) mass is 250 g/mol. The first kappa shape index (κ1) is 11.6. The van der Waals surface area contributed by atoms with Crippen molar-refractivity contribution in [1.82, 2.24) is 0 Å². The van der Waals surface area contributed by atoms with Gasteiger partial charge in [-0.3, -0.25) is 4.79 Å². The zero-order chi connectivity index (χ0) is 12.3. The molecule has 0 saturated carbocycles. The molecule has 0 aromatic heterocycles. The predicted octanol–water partition coefficient (Wildman–Crippen LogP) is 4.00. The maximum Gasteiger partial charge on any atom is 0.252 e. The van der Waals surface area contributed by atoms with Gasteiger partial charge in [-0.05, 0) is 54.1 Å². The molecule has 2 aromatic rings. The minimum atomic E-state index is -0.547. The van der Waals surface area contributed by atoms with Gasteiger partial charge in [-0.1, -0.05) is 6.07 Å². The molecule has 0 heterocycles. The standard InChI is InChI=1S/C13H8ClFO2/c14-13(16)9-2-1-3-12(8-9)17-11-6-4-10(15)5-7-11/h1-8H. The third kappa shape index (κ3) is 3.04. The van der Waals surface area contributed by atoms with Gasteiger partial charge in [0, 0.05) is 5.56 Å². The Morgan fingerprint density at radius 3 is 2.41 bits per heavy atom. The van der Waals surface area contributed by atoms with E-state index in [2.05, 4.69) is 0 Å². The van der Waals surface area contributed by atoms with Gasteiger partial charge in [0.2, 0.25) is 0 Å². The van der Waals surface area contributed by atoms with E-state index in [1.807, 2.05) is 0 Å². The van der Waals surface area contributed by atoms with Crippen molar-refractivity contribution in [2.75, 3.05) is 0 Å². The average molecular weight is 251 g/mol. The van der Waals surface area contributed by atoms with Crippen molar-refractivity contribution in [3.8, 4) is 11.5 Å². The Morgan fingerprint density at radius 2 is 1.76 bits per heavy atom. The van der Waals surface area contributed by atoms with E-state index in [1.54, 1.807) is 18.2 Å². The number of carbonyl (C=O) groups is 1. The summed E-state index contributed by atoms with van der Waals surface area (Å²) in [4.78, 5) is 11.0. The molecule has 0 radical (unpaired) electrons. The maximum absolute atomic E-state index is 12.7. The molecule has 2 nitrogen and oxygen atoms in total. The van der Waals surface area contributed by atoms with Gasteiger partial charge in [0.15, 0.2) is 0 Å². The first-order valence-corrected chi connectivity index (χ1v) is 5.26. The van der Waals surface area contributed by atoms with E-state index in [0.717, 1.165) is 0 Å². The minimum absolute atomic E-state index is 0.331. The van der Waals surface area contributed by atoms with Gasteiger partial charge in [0.1, 0.15) is 17.3 Å². The summed E-state index contributed by atoms with van der Waals surface area (Å²) in [6, 6.07) is 12.1. The van der Waals surface area contributed by atoms with E-state index >= 15 is 0 Å². The second-order valence-electron chi connectivity index (χ2n) is 3.36. The molecule has 0 unspecified atom stereocenters. The van der Waals surface area contributed by atoms with Crippen molar-refractivity contribution in [3.63, 3.8) is 0 Å². The quantitative estimate of drug-likeness (QED) is 0.770. The van der Waals surface area contributed by atoms with Gasteiger partial charge in [-0.25, -0.2) is 4.39 Å². The molecule has 86 valence electrons. The minimum Gasteiger partial charge on any atom is -0.457 e. The molecule has 0 bridgehead atoms. The van der Waals surface area contributed by atoms with Crippen molar-refractivity contribution in [2.45, 2.75) is 0 Å². The van der Waals surface area contributed by atoms with E-state index < -0.39 is 5.24 Å². The van der Waals surface area contributed by atoms with Crippen molar-refractivity contribution in [2.24, 2.45) is 0 Å². The van der Waals surface area contributed by atoms with Crippen LogP contribution in [0, 0.1) is 5.82 Å². The third-order valence-corrected chi connectivity index (χ3v) is 2.33. The fourth-order valence-electron chi connectivity index (χ4n) is 1.32. The van der Waals surface area contributed by atoms with Crippen LogP contribution in [0.1, 0.15) is 10.4 Å². The molecule has 0 spiro atoms. The molecule has 0 amide bonds. The molecule has 4 heteroatoms. The maximum atomic E-state index is 12.7. The van der Waals surface area contributed by atoms with Crippen LogP contribution >= 0.6 is 11.6 Å². The van der Waals surface area contributed by atoms with E-state index in [4.69, 9.17) is 16.3 Å². The number of hydrogen-bond acceptors (Lipinski definition) is 2. The summed E-state index contributed by atoms with van der Waals surface area (Å²) < 4.78 is 18.1. The predicted molar refractivity (Wildman–Crippen MR) is 63.1 cm³/mol. The van der Waals surface area contributed by atoms with Crippen molar-refractivity contribution >= 4 is 16.8 Å². The van der Waals surface area contributed by atoms with Crippen LogP contribution in [-0.2, 0) is 0 Å². The summed E-state index contributed by atoms with van der Waals surface area (Å²) >= 11 is 5.35. The fourth-order valence-corrected chi connectivity index (χ4v) is 1.44. The third-order valence-electron chi connectivity index (χ3n) is 2.11. The average Bonchev–Trinajstić information content (AvgIpc) is 2.32. The molecule has 0 saturated heterocycles. The van der Waals surface area contributed by atoms with Gasteiger partial charge in [0.25, 0.3) is 5.24 Å². The largest absolute Gasteiger partial charge is 0.457 e. The normalized spacial score (nSPS) is 10.0. The highest BCUT2D eigenvalue weighted by molar-refractivity contribution is 6.67.